The molecule has 360 valence electrons. The van der Waals surface area contributed by atoms with Gasteiger partial charge in [0.05, 0.1) is 21.3 Å². The van der Waals surface area contributed by atoms with Gasteiger partial charge in [0.15, 0.2) is 0 Å². The van der Waals surface area contributed by atoms with E-state index in [1.807, 2.05) is 0 Å². The van der Waals surface area contributed by atoms with Crippen LogP contribution in [0.5, 0.6) is 0 Å². The molecule has 0 saturated carbocycles. The van der Waals surface area contributed by atoms with E-state index in [4.69, 9.17) is 9.11 Å². The summed E-state index contributed by atoms with van der Waals surface area (Å²) in [7, 11) is -22.8. The van der Waals surface area contributed by atoms with E-state index >= 15 is 0 Å². The fourth-order valence-corrected chi connectivity index (χ4v) is 8.72. The Morgan fingerprint density at radius 1 is 0.471 bits per heavy atom. The Kier molecular flexibility index (Phi) is 15.5. The van der Waals surface area contributed by atoms with E-state index < -0.39 is 71.9 Å². The first kappa shape index (κ1) is 50.8. The molecule has 0 amide bonds. The van der Waals surface area contributed by atoms with Gasteiger partial charge in [0.1, 0.15) is 16.5 Å². The van der Waals surface area contributed by atoms with Gasteiger partial charge in [-0.05, 0) is 64.7 Å². The molecule has 2 heterocycles. The van der Waals surface area contributed by atoms with Crippen LogP contribution in [0.1, 0.15) is 33.9 Å². The predicted molar refractivity (Wildman–Crippen MR) is 246 cm³/mol. The summed E-state index contributed by atoms with van der Waals surface area (Å²) >= 11 is 0. The van der Waals surface area contributed by atoms with Gasteiger partial charge in [0.25, 0.3) is 50.6 Å². The van der Waals surface area contributed by atoms with Crippen LogP contribution in [-0.2, 0) is 63.4 Å². The van der Waals surface area contributed by atoms with Gasteiger partial charge in [-0.1, -0.05) is 60.7 Å². The zero-order valence-electron chi connectivity index (χ0n) is 34.6. The normalized spacial score (nSPS) is 12.5. The van der Waals surface area contributed by atoms with Gasteiger partial charge < -0.3 is 21.3 Å². The lowest BCUT2D eigenvalue weighted by molar-refractivity contribution is 0.480. The van der Waals surface area contributed by atoms with Gasteiger partial charge in [-0.2, -0.15) is 72.0 Å². The van der Waals surface area contributed by atoms with E-state index in [1.54, 1.807) is 30.3 Å². The molecule has 4 aromatic carbocycles. The highest BCUT2D eigenvalue weighted by atomic mass is 32.2. The van der Waals surface area contributed by atoms with Gasteiger partial charge in [0.2, 0.25) is 23.8 Å². The molecule has 0 aliphatic carbocycles. The standard InChI is InChI=1S/C38H38N10O15S5/c49-64(50,51)18-16-39-35-43-33(21-25-4-3-6-30(20-25)66(55,56)57)45-37(47-35)41-28-13-9-24(10-14-28)8-11-26-12-15-29(23-32(26)68(61,62)63)42-38-46-34(44-36(48-38)40-17-19-65(52,53)54)22-27-5-1-2-7-31(27)67(58,59)60/h1-15,20,23H,16-19,21-22H2,(H,49,50,51)(H,52,53,54)(H,55,56,57)(H,58,59,60)(H,61,62,63)(H2,39,41,43,45,47)(H2,40,42,44,46,48)/b11-8+. The fraction of sp³-hybridized carbons (Fsp3) is 0.158. The topological polar surface area (TPSA) is 397 Å². The van der Waals surface area contributed by atoms with E-state index in [2.05, 4.69) is 51.2 Å². The fourth-order valence-electron chi connectivity index (χ4n) is 6.02. The molecule has 6 aromatic rings. The third-order valence-corrected chi connectivity index (χ3v) is 13.1. The Balaban J connectivity index is 1.22. The lowest BCUT2D eigenvalue weighted by atomic mass is 10.1. The van der Waals surface area contributed by atoms with Crippen molar-refractivity contribution in [1.82, 2.24) is 29.9 Å². The monoisotopic (exact) mass is 1030 g/mol. The molecular weight excluding hydrogens is 997 g/mol. The lowest BCUT2D eigenvalue weighted by Crippen LogP contribution is -2.17. The maximum Gasteiger partial charge on any atom is 0.295 e. The number of anilines is 6. The van der Waals surface area contributed by atoms with Crippen molar-refractivity contribution >= 4 is 97.9 Å². The highest BCUT2D eigenvalue weighted by molar-refractivity contribution is 7.86. The summed E-state index contributed by atoms with van der Waals surface area (Å²) in [6.45, 7) is -0.636. The van der Waals surface area contributed by atoms with E-state index in [0.29, 0.717) is 16.8 Å². The molecule has 30 heteroatoms. The van der Waals surface area contributed by atoms with E-state index in [-0.39, 0.29) is 83.1 Å². The minimum Gasteiger partial charge on any atom is -0.353 e. The quantitative estimate of drug-likeness (QED) is 0.0369. The molecule has 25 nitrogen and oxygen atoms in total. The first-order valence-electron chi connectivity index (χ1n) is 19.2. The molecule has 9 N–H and O–H groups in total. The molecule has 2 aromatic heterocycles. The Bertz CT molecular complexity index is 3460. The molecule has 0 spiro atoms. The van der Waals surface area contributed by atoms with Crippen LogP contribution in [0.15, 0.2) is 106 Å². The maximum atomic E-state index is 12.6. The highest BCUT2D eigenvalue weighted by Crippen LogP contribution is 2.26. The summed E-state index contributed by atoms with van der Waals surface area (Å²) in [6, 6.07) is 21.2. The molecule has 0 saturated heterocycles. The second kappa shape index (κ2) is 20.7. The predicted octanol–water partition coefficient (Wildman–Crippen LogP) is 3.24. The van der Waals surface area contributed by atoms with Crippen molar-refractivity contribution in [1.29, 1.82) is 0 Å². The van der Waals surface area contributed by atoms with Crippen LogP contribution in [0, 0.1) is 0 Å². The average Bonchev–Trinajstić information content (AvgIpc) is 3.22. The van der Waals surface area contributed by atoms with Crippen LogP contribution in [0.4, 0.5) is 35.2 Å². The largest absolute Gasteiger partial charge is 0.353 e. The first-order valence-corrected chi connectivity index (χ1v) is 26.7. The molecule has 0 unspecified atom stereocenters. The lowest BCUT2D eigenvalue weighted by Gasteiger charge is -2.12. The smallest absolute Gasteiger partial charge is 0.295 e. The summed E-state index contributed by atoms with van der Waals surface area (Å²) in [6.07, 6.45) is 2.61. The minimum absolute atomic E-state index is 0.0226. The van der Waals surface area contributed by atoms with Crippen LogP contribution >= 0.6 is 0 Å². The number of nitrogens with one attached hydrogen (secondary N) is 4. The molecule has 0 bridgehead atoms. The third-order valence-electron chi connectivity index (χ3n) is 8.98. The van der Waals surface area contributed by atoms with Crippen LogP contribution in [0.25, 0.3) is 12.2 Å². The average molecular weight is 1040 g/mol. The van der Waals surface area contributed by atoms with E-state index in [9.17, 15) is 55.7 Å². The Morgan fingerprint density at radius 2 is 1.00 bits per heavy atom. The number of aromatic nitrogens is 6. The summed E-state index contributed by atoms with van der Waals surface area (Å²) in [4.78, 5) is 24.1. The SMILES string of the molecule is O=S(=O)(O)CCNc1nc(Cc2cccc(S(=O)(=O)O)c2)nc(Nc2ccc(/C=C/c3ccc(Nc4nc(Cc5ccccc5S(=O)(=O)O)nc(NCCS(=O)(=O)O)n4)cc3S(=O)(=O)O)cc2)n1. The molecular formula is C38H38N10O15S5. The Labute approximate surface area is 389 Å². The second-order valence-corrected chi connectivity index (χ2v) is 21.6. The number of rotatable bonds is 21. The van der Waals surface area contributed by atoms with Crippen molar-refractivity contribution < 1.29 is 64.9 Å². The Morgan fingerprint density at radius 3 is 1.56 bits per heavy atom. The maximum absolute atomic E-state index is 12.6. The molecule has 0 atom stereocenters. The van der Waals surface area contributed by atoms with Gasteiger partial charge in [-0.25, -0.2) is 0 Å². The van der Waals surface area contributed by atoms with Crippen molar-refractivity contribution in [3.05, 3.63) is 125 Å². The molecule has 0 aliphatic heterocycles. The van der Waals surface area contributed by atoms with E-state index in [1.165, 1.54) is 60.7 Å². The number of nitrogens with zero attached hydrogens (tertiary/aromatic N) is 6. The van der Waals surface area contributed by atoms with E-state index in [0.717, 1.165) is 12.1 Å². The summed E-state index contributed by atoms with van der Waals surface area (Å²) in [5, 5.41) is 11.0. The summed E-state index contributed by atoms with van der Waals surface area (Å²) in [5.74, 6) is -1.95. The van der Waals surface area contributed by atoms with Crippen LogP contribution in [-0.4, -0.2) is 119 Å². The first-order chi connectivity index (χ1) is 31.8. The van der Waals surface area contributed by atoms with Crippen LogP contribution < -0.4 is 21.3 Å². The zero-order chi connectivity index (χ0) is 49.5. The zero-order valence-corrected chi connectivity index (χ0v) is 38.7. The van der Waals surface area contributed by atoms with Crippen LogP contribution in [0.3, 0.4) is 0 Å². The molecule has 0 fully saturated rings. The van der Waals surface area contributed by atoms with Crippen molar-refractivity contribution in [2.24, 2.45) is 0 Å². The molecule has 68 heavy (non-hydrogen) atoms. The van der Waals surface area contributed by atoms with Gasteiger partial charge in [-0.15, -0.1) is 0 Å². The van der Waals surface area contributed by atoms with Gasteiger partial charge in [0, 0.05) is 37.3 Å². The second-order valence-electron chi connectivity index (χ2n) is 14.2. The number of hydrogen-bond donors (Lipinski definition) is 9. The summed E-state index contributed by atoms with van der Waals surface area (Å²) in [5.41, 5.74) is 1.55. The van der Waals surface area contributed by atoms with Crippen molar-refractivity contribution in [3.8, 4) is 0 Å². The molecule has 0 radical (unpaired) electrons. The third kappa shape index (κ3) is 15.5. The van der Waals surface area contributed by atoms with Gasteiger partial charge in [-0.3, -0.25) is 22.8 Å². The number of benzene rings is 4. The minimum atomic E-state index is -4.88. The van der Waals surface area contributed by atoms with Crippen molar-refractivity contribution in [2.45, 2.75) is 27.5 Å². The van der Waals surface area contributed by atoms with Gasteiger partial charge >= 0.3 is 0 Å². The molecule has 0 aliphatic rings. The number of hydrogen-bond acceptors (Lipinski definition) is 20. The Hall–Kier alpha value is -6.61. The molecule has 6 rings (SSSR count). The summed E-state index contributed by atoms with van der Waals surface area (Å²) < 4.78 is 165. The highest BCUT2D eigenvalue weighted by Gasteiger charge is 2.20. The van der Waals surface area contributed by atoms with Crippen molar-refractivity contribution in [3.63, 3.8) is 0 Å². The van der Waals surface area contributed by atoms with Crippen molar-refractivity contribution in [2.75, 3.05) is 45.9 Å². The van der Waals surface area contributed by atoms with Crippen LogP contribution in [0.2, 0.25) is 0 Å².